The molecule has 0 radical (unpaired) electrons. The van der Waals surface area contributed by atoms with Gasteiger partial charge in [-0.25, -0.2) is 0 Å². The Bertz CT molecular complexity index is 363. The molecule has 0 aliphatic heterocycles. The van der Waals surface area contributed by atoms with Crippen LogP contribution in [-0.4, -0.2) is 35.0 Å². The van der Waals surface area contributed by atoms with E-state index in [1.807, 2.05) is 12.1 Å². The van der Waals surface area contributed by atoms with Crippen LogP contribution < -0.4 is 0 Å². The predicted octanol–water partition coefficient (Wildman–Crippen LogP) is 0.999. The lowest BCUT2D eigenvalue weighted by Gasteiger charge is -2.25. The number of rotatable bonds is 7. The van der Waals surface area contributed by atoms with E-state index in [-0.39, 0.29) is 31.8 Å². The van der Waals surface area contributed by atoms with Crippen molar-refractivity contribution in [1.82, 2.24) is 4.90 Å². The lowest BCUT2D eigenvalue weighted by atomic mass is 9.94. The second-order valence-electron chi connectivity index (χ2n) is 4.06. The Hall–Kier alpha value is -2.08. The van der Waals surface area contributed by atoms with Gasteiger partial charge < -0.3 is 10.0 Å². The summed E-state index contributed by atoms with van der Waals surface area (Å²) < 4.78 is 0. The van der Waals surface area contributed by atoms with E-state index in [2.05, 4.69) is 0 Å². The molecule has 98 valence electrons. The average molecular weight is 251 g/mol. The van der Waals surface area contributed by atoms with Gasteiger partial charge in [0.2, 0.25) is 5.91 Å². The van der Waals surface area contributed by atoms with Crippen LogP contribution >= 0.6 is 0 Å². The van der Waals surface area contributed by atoms with Gasteiger partial charge in [0.05, 0.1) is 30.9 Å². The zero-order valence-electron chi connectivity index (χ0n) is 10.6. The minimum absolute atomic E-state index is 0.172. The summed E-state index contributed by atoms with van der Waals surface area (Å²) in [5.41, 5.74) is 0. The second kappa shape index (κ2) is 8.08. The summed E-state index contributed by atoms with van der Waals surface area (Å²) in [4.78, 5) is 24.3. The van der Waals surface area contributed by atoms with Crippen molar-refractivity contribution in [2.45, 2.75) is 26.7 Å². The molecule has 0 spiro atoms. The van der Waals surface area contributed by atoms with E-state index in [4.69, 9.17) is 15.6 Å². The monoisotopic (exact) mass is 251 g/mol. The highest BCUT2D eigenvalue weighted by Crippen LogP contribution is 2.15. The van der Waals surface area contributed by atoms with Gasteiger partial charge in [0.25, 0.3) is 0 Å². The van der Waals surface area contributed by atoms with Crippen LogP contribution in [0.1, 0.15) is 26.7 Å². The number of hydrogen-bond donors (Lipinski definition) is 1. The molecule has 18 heavy (non-hydrogen) atoms. The molecule has 1 N–H and O–H groups in total. The zero-order valence-corrected chi connectivity index (χ0v) is 10.6. The Morgan fingerprint density at radius 1 is 1.11 bits per heavy atom. The first-order chi connectivity index (χ1) is 8.45. The molecule has 2 atom stereocenters. The fourth-order valence-corrected chi connectivity index (χ4v) is 1.42. The number of carbonyl (C=O) groups excluding carboxylic acids is 1. The Labute approximate surface area is 106 Å². The van der Waals surface area contributed by atoms with E-state index in [0.29, 0.717) is 0 Å². The number of aliphatic carboxylic acids is 1. The van der Waals surface area contributed by atoms with Crippen molar-refractivity contribution in [2.24, 2.45) is 11.8 Å². The topological polar surface area (TPSA) is 105 Å². The molecule has 6 heteroatoms. The first kappa shape index (κ1) is 15.9. The molecule has 2 unspecified atom stereocenters. The minimum Gasteiger partial charge on any atom is -0.481 e. The summed E-state index contributed by atoms with van der Waals surface area (Å²) in [5.74, 6) is -2.81. The fourth-order valence-electron chi connectivity index (χ4n) is 1.42. The highest BCUT2D eigenvalue weighted by molar-refractivity contribution is 5.84. The van der Waals surface area contributed by atoms with Crippen molar-refractivity contribution >= 4 is 11.9 Å². The molecule has 0 bridgehead atoms. The zero-order chi connectivity index (χ0) is 14.1. The first-order valence-corrected chi connectivity index (χ1v) is 5.71. The number of carboxylic acids is 1. The third-order valence-electron chi connectivity index (χ3n) is 2.83. The smallest absolute Gasteiger partial charge is 0.307 e. The molecule has 0 aromatic heterocycles. The van der Waals surface area contributed by atoms with Crippen LogP contribution in [0, 0.1) is 34.5 Å². The molecule has 0 aromatic rings. The van der Waals surface area contributed by atoms with Crippen molar-refractivity contribution in [3.63, 3.8) is 0 Å². The van der Waals surface area contributed by atoms with Gasteiger partial charge in [0, 0.05) is 19.0 Å². The molecule has 0 aliphatic carbocycles. The predicted molar refractivity (Wildman–Crippen MR) is 63.0 cm³/mol. The standard InChI is InChI=1S/C12H17N3O3/c1-9(10(2)12(17)18)11(16)15(7-3-5-13)8-4-6-14/h9-10H,3-4,7-8H2,1-2H3,(H,17,18). The number of nitriles is 2. The van der Waals surface area contributed by atoms with Crippen LogP contribution in [0.5, 0.6) is 0 Å². The Morgan fingerprint density at radius 2 is 1.56 bits per heavy atom. The number of carbonyl (C=O) groups is 2. The molecule has 0 aromatic carbocycles. The lowest BCUT2D eigenvalue weighted by Crippen LogP contribution is -2.40. The van der Waals surface area contributed by atoms with Gasteiger partial charge in [-0.1, -0.05) is 13.8 Å². The van der Waals surface area contributed by atoms with Gasteiger partial charge in [0.15, 0.2) is 0 Å². The summed E-state index contributed by atoms with van der Waals surface area (Å²) in [5, 5.41) is 25.9. The lowest BCUT2D eigenvalue weighted by molar-refractivity contribution is -0.149. The molecule has 0 fully saturated rings. The van der Waals surface area contributed by atoms with Crippen molar-refractivity contribution in [1.29, 1.82) is 10.5 Å². The maximum absolute atomic E-state index is 12.0. The van der Waals surface area contributed by atoms with Crippen molar-refractivity contribution in [2.75, 3.05) is 13.1 Å². The van der Waals surface area contributed by atoms with E-state index >= 15 is 0 Å². The maximum atomic E-state index is 12.0. The van der Waals surface area contributed by atoms with Gasteiger partial charge in [-0.2, -0.15) is 10.5 Å². The van der Waals surface area contributed by atoms with E-state index < -0.39 is 17.8 Å². The van der Waals surface area contributed by atoms with Crippen molar-refractivity contribution < 1.29 is 14.7 Å². The highest BCUT2D eigenvalue weighted by atomic mass is 16.4. The number of nitrogens with zero attached hydrogens (tertiary/aromatic N) is 3. The molecule has 6 nitrogen and oxygen atoms in total. The normalized spacial score (nSPS) is 12.9. The first-order valence-electron chi connectivity index (χ1n) is 5.71. The average Bonchev–Trinajstić information content (AvgIpc) is 2.36. The third kappa shape index (κ3) is 4.84. The molecule has 0 saturated carbocycles. The van der Waals surface area contributed by atoms with E-state index in [1.165, 1.54) is 11.8 Å². The fraction of sp³-hybridized carbons (Fsp3) is 0.667. The quantitative estimate of drug-likeness (QED) is 0.726. The van der Waals surface area contributed by atoms with Gasteiger partial charge in [-0.05, 0) is 0 Å². The third-order valence-corrected chi connectivity index (χ3v) is 2.83. The SMILES string of the molecule is CC(C(=O)O)C(C)C(=O)N(CCC#N)CCC#N. The van der Waals surface area contributed by atoms with Crippen LogP contribution in [0.3, 0.4) is 0 Å². The van der Waals surface area contributed by atoms with Crippen molar-refractivity contribution in [3.05, 3.63) is 0 Å². The van der Waals surface area contributed by atoms with Gasteiger partial charge in [0.1, 0.15) is 0 Å². The van der Waals surface area contributed by atoms with Crippen LogP contribution in [0.15, 0.2) is 0 Å². The van der Waals surface area contributed by atoms with Crippen LogP contribution in [0.2, 0.25) is 0 Å². The molecule has 0 saturated heterocycles. The second-order valence-corrected chi connectivity index (χ2v) is 4.06. The molecular weight excluding hydrogens is 234 g/mol. The molecule has 0 heterocycles. The minimum atomic E-state index is -1.03. The van der Waals surface area contributed by atoms with Gasteiger partial charge in [-0.3, -0.25) is 9.59 Å². The van der Waals surface area contributed by atoms with Gasteiger partial charge in [-0.15, -0.1) is 0 Å². The maximum Gasteiger partial charge on any atom is 0.307 e. The van der Waals surface area contributed by atoms with Crippen LogP contribution in [-0.2, 0) is 9.59 Å². The molecular formula is C12H17N3O3. The van der Waals surface area contributed by atoms with Crippen molar-refractivity contribution in [3.8, 4) is 12.1 Å². The molecule has 1 amide bonds. The molecule has 0 aliphatic rings. The van der Waals surface area contributed by atoms with E-state index in [1.54, 1.807) is 6.92 Å². The van der Waals surface area contributed by atoms with E-state index in [0.717, 1.165) is 0 Å². The Morgan fingerprint density at radius 3 is 1.89 bits per heavy atom. The summed E-state index contributed by atoms with van der Waals surface area (Å²) in [7, 11) is 0. The van der Waals surface area contributed by atoms with Gasteiger partial charge >= 0.3 is 5.97 Å². The molecule has 0 rings (SSSR count). The Balaban J connectivity index is 4.68. The summed E-state index contributed by atoms with van der Waals surface area (Å²) in [6.07, 6.45) is 0.344. The summed E-state index contributed by atoms with van der Waals surface area (Å²) in [6.45, 7) is 3.48. The largest absolute Gasteiger partial charge is 0.481 e. The van der Waals surface area contributed by atoms with E-state index in [9.17, 15) is 9.59 Å². The summed E-state index contributed by atoms with van der Waals surface area (Å²) >= 11 is 0. The number of hydrogen-bond acceptors (Lipinski definition) is 4. The van der Waals surface area contributed by atoms with Crippen LogP contribution in [0.25, 0.3) is 0 Å². The Kier molecular flexibility index (Phi) is 7.14. The number of carboxylic acid groups (broad SMARTS) is 1. The highest BCUT2D eigenvalue weighted by Gasteiger charge is 2.29. The summed E-state index contributed by atoms with van der Waals surface area (Å²) in [6, 6.07) is 3.85. The van der Waals surface area contributed by atoms with Crippen LogP contribution in [0.4, 0.5) is 0 Å². The number of amides is 1.